The van der Waals surface area contributed by atoms with Crippen molar-refractivity contribution in [1.29, 1.82) is 0 Å². The Balaban J connectivity index is 2.50. The lowest BCUT2D eigenvalue weighted by Gasteiger charge is -2.03. The smallest absolute Gasteiger partial charge is 0.112 e. The van der Waals surface area contributed by atoms with Gasteiger partial charge in [-0.2, -0.15) is 0 Å². The number of hydrogen-bond acceptors (Lipinski definition) is 1. The summed E-state index contributed by atoms with van der Waals surface area (Å²) in [5.41, 5.74) is 3.93. The van der Waals surface area contributed by atoms with Gasteiger partial charge in [-0.25, -0.2) is 0 Å². The van der Waals surface area contributed by atoms with Gasteiger partial charge in [-0.15, -0.1) is 0 Å². The van der Waals surface area contributed by atoms with Crippen LogP contribution in [0.3, 0.4) is 0 Å². The largest absolute Gasteiger partial charge is 0.465 e. The summed E-state index contributed by atoms with van der Waals surface area (Å²) >= 11 is 0. The fourth-order valence-electron chi connectivity index (χ4n) is 2.48. The molecule has 0 amide bonds. The molecular weight excluding hydrogens is 220 g/mol. The van der Waals surface area contributed by atoms with Gasteiger partial charge in [-0.1, -0.05) is 44.2 Å². The average Bonchev–Trinajstić information content (AvgIpc) is 2.68. The lowest BCUT2D eigenvalue weighted by atomic mass is 9.98. The van der Waals surface area contributed by atoms with Crippen molar-refractivity contribution in [3.8, 4) is 11.1 Å². The number of rotatable bonds is 5. The van der Waals surface area contributed by atoms with E-state index < -0.39 is 0 Å². The highest BCUT2D eigenvalue weighted by Crippen LogP contribution is 2.33. The summed E-state index contributed by atoms with van der Waals surface area (Å²) < 4.78 is 6.08. The molecule has 0 radical (unpaired) electrons. The maximum absolute atomic E-state index is 6.08. The first-order chi connectivity index (χ1) is 8.77. The molecule has 1 aromatic carbocycles. The van der Waals surface area contributed by atoms with Gasteiger partial charge in [0.25, 0.3) is 0 Å². The van der Waals surface area contributed by atoms with Crippen molar-refractivity contribution in [2.75, 3.05) is 0 Å². The molecule has 96 valence electrons. The number of aryl methyl sites for hydroxylation is 2. The zero-order chi connectivity index (χ0) is 13.0. The Morgan fingerprint density at radius 1 is 0.889 bits per heavy atom. The van der Waals surface area contributed by atoms with Crippen molar-refractivity contribution < 1.29 is 4.42 Å². The van der Waals surface area contributed by atoms with Gasteiger partial charge in [0.05, 0.1) is 0 Å². The van der Waals surface area contributed by atoms with Crippen LogP contribution in [0.2, 0.25) is 0 Å². The Hall–Kier alpha value is -1.50. The Bertz CT molecular complexity index is 494. The summed E-state index contributed by atoms with van der Waals surface area (Å²) in [6.45, 7) is 6.59. The van der Waals surface area contributed by atoms with Crippen molar-refractivity contribution in [3.05, 3.63) is 47.4 Å². The van der Waals surface area contributed by atoms with Crippen LogP contribution in [-0.4, -0.2) is 0 Å². The first kappa shape index (κ1) is 12.9. The standard InChI is InChI=1S/C17H22O/c1-4-9-15-13(3)17(16(18-15)10-5-2)14-11-7-6-8-12-14/h6-8,11-12H,4-5,9-10H2,1-3H3. The van der Waals surface area contributed by atoms with Crippen molar-refractivity contribution in [1.82, 2.24) is 0 Å². The van der Waals surface area contributed by atoms with E-state index in [1.165, 1.54) is 22.5 Å². The summed E-state index contributed by atoms with van der Waals surface area (Å²) in [5.74, 6) is 2.32. The van der Waals surface area contributed by atoms with Gasteiger partial charge in [0.2, 0.25) is 0 Å². The van der Waals surface area contributed by atoms with E-state index in [9.17, 15) is 0 Å². The lowest BCUT2D eigenvalue weighted by Crippen LogP contribution is -1.86. The molecule has 0 bridgehead atoms. The molecule has 0 saturated heterocycles. The predicted molar refractivity (Wildman–Crippen MR) is 76.9 cm³/mol. The minimum atomic E-state index is 1.02. The Kier molecular flexibility index (Phi) is 4.24. The minimum absolute atomic E-state index is 1.02. The van der Waals surface area contributed by atoms with Crippen molar-refractivity contribution in [2.45, 2.75) is 46.5 Å². The molecule has 0 aliphatic carbocycles. The predicted octanol–water partition coefficient (Wildman–Crippen LogP) is 5.16. The van der Waals surface area contributed by atoms with E-state index in [0.29, 0.717) is 0 Å². The fraction of sp³-hybridized carbons (Fsp3) is 0.412. The Morgan fingerprint density at radius 2 is 1.50 bits per heavy atom. The van der Waals surface area contributed by atoms with Gasteiger partial charge in [0.1, 0.15) is 11.5 Å². The molecule has 0 saturated carbocycles. The molecule has 2 rings (SSSR count). The molecule has 18 heavy (non-hydrogen) atoms. The SMILES string of the molecule is CCCc1oc(CCC)c(-c2ccccc2)c1C. The lowest BCUT2D eigenvalue weighted by molar-refractivity contribution is 0.459. The molecule has 1 heterocycles. The monoisotopic (exact) mass is 242 g/mol. The van der Waals surface area contributed by atoms with E-state index in [1.54, 1.807) is 0 Å². The van der Waals surface area contributed by atoms with Crippen LogP contribution in [0.1, 0.15) is 43.8 Å². The quantitative estimate of drug-likeness (QED) is 0.705. The topological polar surface area (TPSA) is 13.1 Å². The highest BCUT2D eigenvalue weighted by molar-refractivity contribution is 5.70. The maximum atomic E-state index is 6.08. The van der Waals surface area contributed by atoms with E-state index in [1.807, 2.05) is 0 Å². The van der Waals surface area contributed by atoms with Gasteiger partial charge < -0.3 is 4.42 Å². The van der Waals surface area contributed by atoms with Gasteiger partial charge in [0, 0.05) is 18.4 Å². The van der Waals surface area contributed by atoms with Crippen molar-refractivity contribution in [3.63, 3.8) is 0 Å². The second kappa shape index (κ2) is 5.90. The van der Waals surface area contributed by atoms with E-state index in [-0.39, 0.29) is 0 Å². The summed E-state index contributed by atoms with van der Waals surface area (Å²) in [4.78, 5) is 0. The third-order valence-electron chi connectivity index (χ3n) is 3.34. The number of hydrogen-bond donors (Lipinski definition) is 0. The molecule has 0 aliphatic heterocycles. The van der Waals surface area contributed by atoms with Gasteiger partial charge >= 0.3 is 0 Å². The van der Waals surface area contributed by atoms with Crippen molar-refractivity contribution in [2.24, 2.45) is 0 Å². The fourth-order valence-corrected chi connectivity index (χ4v) is 2.48. The minimum Gasteiger partial charge on any atom is -0.465 e. The van der Waals surface area contributed by atoms with E-state index in [0.717, 1.165) is 31.4 Å². The van der Waals surface area contributed by atoms with Crippen LogP contribution in [0.25, 0.3) is 11.1 Å². The summed E-state index contributed by atoms with van der Waals surface area (Å²) in [6.07, 6.45) is 4.32. The summed E-state index contributed by atoms with van der Waals surface area (Å²) in [5, 5.41) is 0. The molecule has 1 aromatic heterocycles. The maximum Gasteiger partial charge on any atom is 0.112 e. The third kappa shape index (κ3) is 2.50. The normalized spacial score (nSPS) is 10.8. The third-order valence-corrected chi connectivity index (χ3v) is 3.34. The van der Waals surface area contributed by atoms with Crippen LogP contribution < -0.4 is 0 Å². The molecule has 1 nitrogen and oxygen atoms in total. The molecular formula is C17H22O. The van der Waals surface area contributed by atoms with Crippen LogP contribution in [0.15, 0.2) is 34.7 Å². The molecule has 0 unspecified atom stereocenters. The molecule has 1 heteroatoms. The van der Waals surface area contributed by atoms with E-state index >= 15 is 0 Å². The summed E-state index contributed by atoms with van der Waals surface area (Å²) in [7, 11) is 0. The van der Waals surface area contributed by atoms with Crippen LogP contribution in [0.4, 0.5) is 0 Å². The molecule has 0 N–H and O–H groups in total. The zero-order valence-electron chi connectivity index (χ0n) is 11.6. The number of benzene rings is 1. The highest BCUT2D eigenvalue weighted by atomic mass is 16.3. The highest BCUT2D eigenvalue weighted by Gasteiger charge is 2.16. The molecule has 0 atom stereocenters. The Labute approximate surface area is 110 Å². The second-order valence-corrected chi connectivity index (χ2v) is 4.81. The van der Waals surface area contributed by atoms with Crippen molar-refractivity contribution >= 4 is 0 Å². The van der Waals surface area contributed by atoms with E-state index in [2.05, 4.69) is 51.1 Å². The summed E-state index contributed by atoms with van der Waals surface area (Å²) in [6, 6.07) is 10.6. The van der Waals surface area contributed by atoms with Crippen LogP contribution in [0.5, 0.6) is 0 Å². The van der Waals surface area contributed by atoms with Crippen LogP contribution in [-0.2, 0) is 12.8 Å². The average molecular weight is 242 g/mol. The Morgan fingerprint density at radius 3 is 2.11 bits per heavy atom. The second-order valence-electron chi connectivity index (χ2n) is 4.81. The molecule has 0 aliphatic rings. The molecule has 2 aromatic rings. The van der Waals surface area contributed by atoms with Crippen LogP contribution in [0, 0.1) is 6.92 Å². The number of furan rings is 1. The first-order valence-corrected chi connectivity index (χ1v) is 6.94. The first-order valence-electron chi connectivity index (χ1n) is 6.94. The van der Waals surface area contributed by atoms with Gasteiger partial charge in [0.15, 0.2) is 0 Å². The van der Waals surface area contributed by atoms with Gasteiger partial charge in [-0.3, -0.25) is 0 Å². The van der Waals surface area contributed by atoms with Crippen LogP contribution >= 0.6 is 0 Å². The van der Waals surface area contributed by atoms with Gasteiger partial charge in [-0.05, 0) is 30.9 Å². The zero-order valence-corrected chi connectivity index (χ0v) is 11.6. The molecule has 0 fully saturated rings. The molecule has 0 spiro atoms. The van der Waals surface area contributed by atoms with E-state index in [4.69, 9.17) is 4.42 Å².